The second-order valence-electron chi connectivity index (χ2n) is 9.77. The quantitative estimate of drug-likeness (QED) is 0.436. The van der Waals surface area contributed by atoms with Crippen LogP contribution in [0.5, 0.6) is 5.75 Å². The molecule has 0 aliphatic carbocycles. The van der Waals surface area contributed by atoms with Crippen LogP contribution in [0.3, 0.4) is 0 Å². The van der Waals surface area contributed by atoms with Crippen molar-refractivity contribution in [2.24, 2.45) is 0 Å². The highest BCUT2D eigenvalue weighted by Gasteiger charge is 2.41. The molecule has 184 valence electrons. The van der Waals surface area contributed by atoms with Gasteiger partial charge in [-0.15, -0.1) is 0 Å². The SMILES string of the molecule is CCN(Cc1ccccc1-c1ccccc1OC)C1CCOC2(CCN(c3ccccn3)CC2)C1. The Hall–Kier alpha value is -2.89. The molecule has 0 bridgehead atoms. The maximum absolute atomic E-state index is 6.50. The zero-order valence-electron chi connectivity index (χ0n) is 21.0. The van der Waals surface area contributed by atoms with Crippen LogP contribution in [0, 0.1) is 0 Å². The third kappa shape index (κ3) is 5.21. The van der Waals surface area contributed by atoms with Gasteiger partial charge in [0, 0.05) is 44.0 Å². The summed E-state index contributed by atoms with van der Waals surface area (Å²) < 4.78 is 12.2. The fourth-order valence-corrected chi connectivity index (χ4v) is 5.85. The first-order valence-electron chi connectivity index (χ1n) is 13.0. The van der Waals surface area contributed by atoms with Crippen molar-refractivity contribution in [1.29, 1.82) is 0 Å². The summed E-state index contributed by atoms with van der Waals surface area (Å²) >= 11 is 0. The highest BCUT2D eigenvalue weighted by molar-refractivity contribution is 5.73. The lowest BCUT2D eigenvalue weighted by atomic mass is 9.81. The number of benzene rings is 2. The number of nitrogens with zero attached hydrogens (tertiary/aromatic N) is 3. The molecule has 2 saturated heterocycles. The van der Waals surface area contributed by atoms with E-state index in [1.165, 1.54) is 11.1 Å². The Morgan fingerprint density at radius 1 is 1.00 bits per heavy atom. The van der Waals surface area contributed by atoms with Crippen LogP contribution in [0.15, 0.2) is 72.9 Å². The molecule has 2 aliphatic rings. The summed E-state index contributed by atoms with van der Waals surface area (Å²) in [7, 11) is 1.75. The van der Waals surface area contributed by atoms with Crippen LogP contribution in [-0.2, 0) is 11.3 Å². The third-order valence-electron chi connectivity index (χ3n) is 7.83. The topological polar surface area (TPSA) is 37.8 Å². The van der Waals surface area contributed by atoms with Crippen LogP contribution in [0.4, 0.5) is 5.82 Å². The van der Waals surface area contributed by atoms with Gasteiger partial charge >= 0.3 is 0 Å². The van der Waals surface area contributed by atoms with Gasteiger partial charge in [-0.2, -0.15) is 0 Å². The number of hydrogen-bond donors (Lipinski definition) is 0. The minimum absolute atomic E-state index is 0.0101. The second kappa shape index (κ2) is 10.8. The fourth-order valence-electron chi connectivity index (χ4n) is 5.85. The van der Waals surface area contributed by atoms with Crippen molar-refractivity contribution in [1.82, 2.24) is 9.88 Å². The van der Waals surface area contributed by atoms with Crippen LogP contribution in [-0.4, -0.2) is 54.9 Å². The molecule has 1 unspecified atom stereocenters. The molecule has 5 nitrogen and oxygen atoms in total. The maximum atomic E-state index is 6.50. The Morgan fingerprint density at radius 2 is 1.74 bits per heavy atom. The molecule has 2 aromatic carbocycles. The number of pyridine rings is 1. The molecular formula is C30H37N3O2. The number of rotatable bonds is 7. The van der Waals surface area contributed by atoms with Crippen LogP contribution in [0.25, 0.3) is 11.1 Å². The van der Waals surface area contributed by atoms with Crippen molar-refractivity contribution in [3.63, 3.8) is 0 Å². The van der Waals surface area contributed by atoms with Gasteiger partial charge < -0.3 is 14.4 Å². The minimum Gasteiger partial charge on any atom is -0.496 e. The van der Waals surface area contributed by atoms with E-state index in [4.69, 9.17) is 9.47 Å². The van der Waals surface area contributed by atoms with Gasteiger partial charge in [0.2, 0.25) is 0 Å². The molecular weight excluding hydrogens is 434 g/mol. The van der Waals surface area contributed by atoms with E-state index in [-0.39, 0.29) is 5.60 Å². The van der Waals surface area contributed by atoms with E-state index in [0.29, 0.717) is 6.04 Å². The summed E-state index contributed by atoms with van der Waals surface area (Å²) in [6.45, 7) is 7.11. The van der Waals surface area contributed by atoms with Crippen LogP contribution >= 0.6 is 0 Å². The maximum Gasteiger partial charge on any atom is 0.128 e. The Morgan fingerprint density at radius 3 is 2.49 bits per heavy atom. The number of hydrogen-bond acceptors (Lipinski definition) is 5. The Balaban J connectivity index is 1.30. The van der Waals surface area contributed by atoms with Crippen LogP contribution < -0.4 is 9.64 Å². The largest absolute Gasteiger partial charge is 0.496 e. The first-order valence-corrected chi connectivity index (χ1v) is 13.0. The van der Waals surface area contributed by atoms with E-state index in [0.717, 1.165) is 75.6 Å². The summed E-state index contributed by atoms with van der Waals surface area (Å²) in [4.78, 5) is 9.61. The van der Waals surface area contributed by atoms with Gasteiger partial charge in [0.1, 0.15) is 11.6 Å². The van der Waals surface area contributed by atoms with Crippen molar-refractivity contribution in [3.05, 3.63) is 78.5 Å². The summed E-state index contributed by atoms with van der Waals surface area (Å²) in [6, 6.07) is 23.8. The number of para-hydroxylation sites is 1. The number of methoxy groups -OCH3 is 1. The lowest BCUT2D eigenvalue weighted by molar-refractivity contribution is -0.118. The minimum atomic E-state index is -0.0101. The summed E-state index contributed by atoms with van der Waals surface area (Å²) in [6.07, 6.45) is 6.21. The van der Waals surface area contributed by atoms with Gasteiger partial charge in [0.05, 0.1) is 12.7 Å². The Bertz CT molecular complexity index is 1100. The van der Waals surface area contributed by atoms with E-state index in [9.17, 15) is 0 Å². The van der Waals surface area contributed by atoms with Gasteiger partial charge in [-0.05, 0) is 61.6 Å². The Kier molecular flexibility index (Phi) is 7.35. The molecule has 0 amide bonds. The lowest BCUT2D eigenvalue weighted by Crippen LogP contribution is -2.53. The summed E-state index contributed by atoms with van der Waals surface area (Å²) in [5.41, 5.74) is 3.76. The molecule has 1 aromatic heterocycles. The molecule has 3 aromatic rings. The van der Waals surface area contributed by atoms with Gasteiger partial charge in [0.25, 0.3) is 0 Å². The zero-order valence-corrected chi connectivity index (χ0v) is 21.0. The molecule has 1 atom stereocenters. The zero-order chi connectivity index (χ0) is 24.1. The van der Waals surface area contributed by atoms with Gasteiger partial charge in [-0.3, -0.25) is 4.90 Å². The van der Waals surface area contributed by atoms with Crippen molar-refractivity contribution in [3.8, 4) is 16.9 Å². The van der Waals surface area contributed by atoms with Crippen molar-refractivity contribution in [2.75, 3.05) is 38.3 Å². The molecule has 5 heteroatoms. The lowest BCUT2D eigenvalue weighted by Gasteiger charge is -2.48. The number of piperidine rings is 1. The molecule has 0 N–H and O–H groups in total. The third-order valence-corrected chi connectivity index (χ3v) is 7.83. The smallest absolute Gasteiger partial charge is 0.128 e. The van der Waals surface area contributed by atoms with Crippen molar-refractivity contribution in [2.45, 2.75) is 50.8 Å². The number of ether oxygens (including phenoxy) is 2. The molecule has 1 spiro atoms. The summed E-state index contributed by atoms with van der Waals surface area (Å²) in [5, 5.41) is 0. The average Bonchev–Trinajstić information content (AvgIpc) is 2.93. The standard InChI is InChI=1S/C30H37N3O2/c1-3-32(23-24-10-4-5-11-26(24)27-12-6-7-13-28(27)34-2)25-15-21-35-30(22-25)16-19-33(20-17-30)29-14-8-9-18-31-29/h4-14,18,25H,3,15-17,19-23H2,1-2H3. The molecule has 5 rings (SSSR count). The summed E-state index contributed by atoms with van der Waals surface area (Å²) in [5.74, 6) is 2.01. The van der Waals surface area contributed by atoms with Crippen molar-refractivity contribution >= 4 is 5.82 Å². The molecule has 3 heterocycles. The van der Waals surface area contributed by atoms with E-state index >= 15 is 0 Å². The predicted molar refractivity (Wildman–Crippen MR) is 142 cm³/mol. The van der Waals surface area contributed by atoms with Crippen molar-refractivity contribution < 1.29 is 9.47 Å². The first kappa shape index (κ1) is 23.8. The van der Waals surface area contributed by atoms with E-state index in [1.54, 1.807) is 7.11 Å². The highest BCUT2D eigenvalue weighted by atomic mass is 16.5. The fraction of sp³-hybridized carbons (Fsp3) is 0.433. The average molecular weight is 472 g/mol. The highest BCUT2D eigenvalue weighted by Crippen LogP contribution is 2.39. The second-order valence-corrected chi connectivity index (χ2v) is 9.77. The first-order chi connectivity index (χ1) is 17.2. The molecule has 2 aliphatic heterocycles. The molecule has 2 fully saturated rings. The predicted octanol–water partition coefficient (Wildman–Crippen LogP) is 5.80. The Labute approximate surface area is 209 Å². The van der Waals surface area contributed by atoms with Gasteiger partial charge in [0.15, 0.2) is 0 Å². The molecule has 35 heavy (non-hydrogen) atoms. The molecule has 0 saturated carbocycles. The van der Waals surface area contributed by atoms with E-state index in [1.807, 2.05) is 24.4 Å². The van der Waals surface area contributed by atoms with Gasteiger partial charge in [-0.25, -0.2) is 4.98 Å². The van der Waals surface area contributed by atoms with Gasteiger partial charge in [-0.1, -0.05) is 55.5 Å². The van der Waals surface area contributed by atoms with Crippen LogP contribution in [0.1, 0.15) is 38.2 Å². The number of aromatic nitrogens is 1. The monoisotopic (exact) mass is 471 g/mol. The van der Waals surface area contributed by atoms with E-state index < -0.39 is 0 Å². The van der Waals surface area contributed by atoms with E-state index in [2.05, 4.69) is 70.2 Å². The normalized spacial score (nSPS) is 19.7. The number of anilines is 1. The molecule has 0 radical (unpaired) electrons. The van der Waals surface area contributed by atoms with Crippen LogP contribution in [0.2, 0.25) is 0 Å².